The van der Waals surface area contributed by atoms with Gasteiger partial charge >= 0.3 is 0 Å². The van der Waals surface area contributed by atoms with Gasteiger partial charge in [0.05, 0.1) is 0 Å². The molecular formula is C13H17NO2S. The van der Waals surface area contributed by atoms with Gasteiger partial charge in [0.15, 0.2) is 0 Å². The van der Waals surface area contributed by atoms with Crippen molar-refractivity contribution in [1.29, 1.82) is 0 Å². The molecule has 0 bridgehead atoms. The van der Waals surface area contributed by atoms with Crippen molar-refractivity contribution in [2.75, 3.05) is 18.6 Å². The van der Waals surface area contributed by atoms with Crippen molar-refractivity contribution in [3.8, 4) is 5.75 Å². The van der Waals surface area contributed by atoms with Crippen LogP contribution in [-0.2, 0) is 0 Å². The summed E-state index contributed by atoms with van der Waals surface area (Å²) in [4.78, 5) is 14.1. The van der Waals surface area contributed by atoms with Crippen molar-refractivity contribution in [3.05, 3.63) is 29.3 Å². The Morgan fingerprint density at radius 3 is 2.94 bits per heavy atom. The number of rotatable bonds is 2. The molecule has 0 saturated carbocycles. The highest BCUT2D eigenvalue weighted by Gasteiger charge is 2.25. The summed E-state index contributed by atoms with van der Waals surface area (Å²) in [6.07, 6.45) is 1.06. The van der Waals surface area contributed by atoms with Gasteiger partial charge in [-0.2, -0.15) is 11.8 Å². The lowest BCUT2D eigenvalue weighted by molar-refractivity contribution is 0.0746. The Balaban J connectivity index is 2.21. The van der Waals surface area contributed by atoms with Crippen LogP contribution >= 0.6 is 11.8 Å². The summed E-state index contributed by atoms with van der Waals surface area (Å²) in [5.74, 6) is 2.33. The number of benzene rings is 1. The van der Waals surface area contributed by atoms with Crippen molar-refractivity contribution < 1.29 is 9.90 Å². The Labute approximate surface area is 106 Å². The molecule has 1 aromatic carbocycles. The van der Waals surface area contributed by atoms with Gasteiger partial charge in [0, 0.05) is 30.0 Å². The predicted molar refractivity (Wildman–Crippen MR) is 70.7 cm³/mol. The molecule has 1 amide bonds. The van der Waals surface area contributed by atoms with Crippen molar-refractivity contribution in [1.82, 2.24) is 4.90 Å². The maximum absolute atomic E-state index is 12.3. The number of phenolic OH excluding ortho intramolecular Hbond substituents is 1. The van der Waals surface area contributed by atoms with Gasteiger partial charge in [-0.15, -0.1) is 0 Å². The first-order chi connectivity index (χ1) is 8.11. The molecular weight excluding hydrogens is 234 g/mol. The van der Waals surface area contributed by atoms with Crippen LogP contribution in [-0.4, -0.2) is 40.5 Å². The highest BCUT2D eigenvalue weighted by Crippen LogP contribution is 2.25. The van der Waals surface area contributed by atoms with E-state index in [0.717, 1.165) is 17.9 Å². The first-order valence-electron chi connectivity index (χ1n) is 5.74. The van der Waals surface area contributed by atoms with E-state index in [-0.39, 0.29) is 11.7 Å². The highest BCUT2D eigenvalue weighted by atomic mass is 32.2. The van der Waals surface area contributed by atoms with Gasteiger partial charge in [-0.3, -0.25) is 4.79 Å². The second kappa shape index (κ2) is 5.00. The summed E-state index contributed by atoms with van der Waals surface area (Å²) in [5.41, 5.74) is 1.26. The lowest BCUT2D eigenvalue weighted by atomic mass is 10.1. The monoisotopic (exact) mass is 251 g/mol. The number of carbonyl (C=O) groups excluding carboxylic acids is 1. The van der Waals surface area contributed by atoms with Crippen LogP contribution in [0.3, 0.4) is 0 Å². The minimum Gasteiger partial charge on any atom is -0.508 e. The van der Waals surface area contributed by atoms with E-state index in [1.807, 2.05) is 23.7 Å². The fourth-order valence-corrected chi connectivity index (χ4v) is 3.31. The maximum atomic E-state index is 12.3. The Kier molecular flexibility index (Phi) is 3.62. The van der Waals surface area contributed by atoms with Crippen LogP contribution in [0.2, 0.25) is 0 Å². The molecule has 1 fully saturated rings. The Morgan fingerprint density at radius 1 is 1.53 bits per heavy atom. The van der Waals surface area contributed by atoms with Crippen molar-refractivity contribution in [2.24, 2.45) is 0 Å². The number of nitrogens with zero attached hydrogens (tertiary/aromatic N) is 1. The zero-order chi connectivity index (χ0) is 12.4. The average Bonchev–Trinajstić information content (AvgIpc) is 2.84. The second-order valence-corrected chi connectivity index (χ2v) is 5.53. The molecule has 1 N–H and O–H groups in total. The highest BCUT2D eigenvalue weighted by molar-refractivity contribution is 7.99. The standard InChI is InChI=1S/C13H17NO2S/c1-9-11(4-3-5-12(9)15)13(16)14(2)10-6-7-17-8-10/h3-5,10,15H,6-8H2,1-2H3. The van der Waals surface area contributed by atoms with E-state index in [9.17, 15) is 9.90 Å². The molecule has 17 heavy (non-hydrogen) atoms. The SMILES string of the molecule is Cc1c(O)cccc1C(=O)N(C)C1CCSC1. The number of aromatic hydroxyl groups is 1. The molecule has 1 aromatic rings. The maximum Gasteiger partial charge on any atom is 0.254 e. The summed E-state index contributed by atoms with van der Waals surface area (Å²) < 4.78 is 0. The molecule has 4 heteroatoms. The normalized spacial score (nSPS) is 19.3. The number of carbonyl (C=O) groups is 1. The van der Waals surface area contributed by atoms with Gasteiger partial charge in [-0.05, 0) is 31.2 Å². The largest absolute Gasteiger partial charge is 0.508 e. The van der Waals surface area contributed by atoms with Gasteiger partial charge in [0.2, 0.25) is 0 Å². The average molecular weight is 251 g/mol. The van der Waals surface area contributed by atoms with Crippen LogP contribution in [0.25, 0.3) is 0 Å². The van der Waals surface area contributed by atoms with Crippen LogP contribution in [0.4, 0.5) is 0 Å². The van der Waals surface area contributed by atoms with E-state index < -0.39 is 0 Å². The predicted octanol–water partition coefficient (Wildman–Crippen LogP) is 2.28. The molecule has 3 nitrogen and oxygen atoms in total. The Hall–Kier alpha value is -1.16. The third kappa shape index (κ3) is 2.41. The zero-order valence-electron chi connectivity index (χ0n) is 10.1. The van der Waals surface area contributed by atoms with E-state index in [1.54, 1.807) is 25.1 Å². The summed E-state index contributed by atoms with van der Waals surface area (Å²) in [7, 11) is 1.85. The third-order valence-electron chi connectivity index (χ3n) is 3.31. The number of hydrogen-bond acceptors (Lipinski definition) is 3. The summed E-state index contributed by atoms with van der Waals surface area (Å²) in [6, 6.07) is 5.43. The van der Waals surface area contributed by atoms with E-state index in [0.29, 0.717) is 17.2 Å². The van der Waals surface area contributed by atoms with Gasteiger partial charge in [-0.1, -0.05) is 6.07 Å². The molecule has 1 saturated heterocycles. The molecule has 1 heterocycles. The van der Waals surface area contributed by atoms with E-state index >= 15 is 0 Å². The number of thioether (sulfide) groups is 1. The van der Waals surface area contributed by atoms with Crippen molar-refractivity contribution >= 4 is 17.7 Å². The molecule has 0 aromatic heterocycles. The molecule has 0 aliphatic carbocycles. The molecule has 1 aliphatic heterocycles. The molecule has 0 radical (unpaired) electrons. The van der Waals surface area contributed by atoms with Crippen LogP contribution in [0.15, 0.2) is 18.2 Å². The quantitative estimate of drug-likeness (QED) is 0.876. The van der Waals surface area contributed by atoms with Crippen LogP contribution < -0.4 is 0 Å². The number of hydrogen-bond donors (Lipinski definition) is 1. The molecule has 1 aliphatic rings. The summed E-state index contributed by atoms with van der Waals surface area (Å²) >= 11 is 1.89. The minimum atomic E-state index is 0.00546. The van der Waals surface area contributed by atoms with Crippen LogP contribution in [0.5, 0.6) is 5.75 Å². The summed E-state index contributed by atoms with van der Waals surface area (Å²) in [6.45, 7) is 1.78. The van der Waals surface area contributed by atoms with Crippen LogP contribution in [0, 0.1) is 6.92 Å². The topological polar surface area (TPSA) is 40.5 Å². The van der Waals surface area contributed by atoms with E-state index in [4.69, 9.17) is 0 Å². The van der Waals surface area contributed by atoms with E-state index in [2.05, 4.69) is 0 Å². The number of amides is 1. The molecule has 0 spiro atoms. The van der Waals surface area contributed by atoms with E-state index in [1.165, 1.54) is 0 Å². The van der Waals surface area contributed by atoms with Gasteiger partial charge < -0.3 is 10.0 Å². The molecule has 2 rings (SSSR count). The fraction of sp³-hybridized carbons (Fsp3) is 0.462. The lowest BCUT2D eigenvalue weighted by Gasteiger charge is -2.24. The van der Waals surface area contributed by atoms with Crippen LogP contribution in [0.1, 0.15) is 22.3 Å². The Morgan fingerprint density at radius 2 is 2.29 bits per heavy atom. The first kappa shape index (κ1) is 12.3. The van der Waals surface area contributed by atoms with Gasteiger partial charge in [-0.25, -0.2) is 0 Å². The minimum absolute atomic E-state index is 0.00546. The Bertz CT molecular complexity index is 427. The fourth-order valence-electron chi connectivity index (χ4n) is 2.04. The molecule has 92 valence electrons. The van der Waals surface area contributed by atoms with Crippen molar-refractivity contribution in [2.45, 2.75) is 19.4 Å². The number of phenols is 1. The molecule has 1 atom stereocenters. The van der Waals surface area contributed by atoms with Gasteiger partial charge in [0.25, 0.3) is 5.91 Å². The van der Waals surface area contributed by atoms with Crippen molar-refractivity contribution in [3.63, 3.8) is 0 Å². The lowest BCUT2D eigenvalue weighted by Crippen LogP contribution is -2.37. The summed E-state index contributed by atoms with van der Waals surface area (Å²) in [5, 5.41) is 9.62. The molecule has 1 unspecified atom stereocenters. The smallest absolute Gasteiger partial charge is 0.254 e. The first-order valence-corrected chi connectivity index (χ1v) is 6.90. The van der Waals surface area contributed by atoms with Gasteiger partial charge in [0.1, 0.15) is 5.75 Å². The zero-order valence-corrected chi connectivity index (χ0v) is 11.0. The second-order valence-electron chi connectivity index (χ2n) is 4.38. The third-order valence-corrected chi connectivity index (χ3v) is 4.45.